The van der Waals surface area contributed by atoms with E-state index in [0.29, 0.717) is 6.07 Å². The number of hydrogen-bond acceptors (Lipinski definition) is 1. The van der Waals surface area contributed by atoms with Crippen LogP contribution >= 0.6 is 23.8 Å². The largest absolute Gasteiger partial charge is 0.419 e. The number of benzene rings is 1. The number of thiocarbonyl (C=S) groups is 1. The van der Waals surface area contributed by atoms with E-state index in [2.05, 4.69) is 17.5 Å². The van der Waals surface area contributed by atoms with Crippen molar-refractivity contribution in [3.05, 3.63) is 29.6 Å². The fourth-order valence-corrected chi connectivity index (χ4v) is 1.17. The van der Waals surface area contributed by atoms with Crippen LogP contribution in [0.4, 0.5) is 23.2 Å². The van der Waals surface area contributed by atoms with Crippen molar-refractivity contribution in [3.8, 4) is 0 Å². The third-order valence-electron chi connectivity index (χ3n) is 1.54. The Morgan fingerprint density at radius 2 is 1.93 bits per heavy atom. The highest BCUT2D eigenvalue weighted by Gasteiger charge is 2.34. The van der Waals surface area contributed by atoms with Gasteiger partial charge in [0.25, 0.3) is 0 Å². The molecule has 0 aliphatic carbocycles. The minimum Gasteiger partial charge on any atom is -0.335 e. The van der Waals surface area contributed by atoms with Crippen molar-refractivity contribution in [2.24, 2.45) is 0 Å². The second kappa shape index (κ2) is 4.32. The lowest BCUT2D eigenvalue weighted by Gasteiger charge is -2.11. The van der Waals surface area contributed by atoms with Crippen LogP contribution in [0.5, 0.6) is 0 Å². The van der Waals surface area contributed by atoms with Crippen molar-refractivity contribution in [3.63, 3.8) is 0 Å². The van der Waals surface area contributed by atoms with Crippen molar-refractivity contribution < 1.29 is 17.6 Å². The lowest BCUT2D eigenvalue weighted by Crippen LogP contribution is -2.11. The standard InChI is InChI=1S/C8H4ClF4NS/c9-7(15)14-5-3-1-2-4(6(5)10)8(11,12)13/h1-3H,(H,14,15). The van der Waals surface area contributed by atoms with Crippen LogP contribution < -0.4 is 5.32 Å². The van der Waals surface area contributed by atoms with Gasteiger partial charge < -0.3 is 5.32 Å². The zero-order chi connectivity index (χ0) is 11.6. The molecule has 0 fully saturated rings. The topological polar surface area (TPSA) is 12.0 Å². The zero-order valence-electron chi connectivity index (χ0n) is 7.03. The second-order valence-corrected chi connectivity index (χ2v) is 3.57. The summed E-state index contributed by atoms with van der Waals surface area (Å²) in [7, 11) is 0. The van der Waals surface area contributed by atoms with Crippen molar-refractivity contribution in [2.45, 2.75) is 6.18 Å². The predicted octanol–water partition coefficient (Wildman–Crippen LogP) is 3.78. The summed E-state index contributed by atoms with van der Waals surface area (Å²) >= 11 is 9.60. The van der Waals surface area contributed by atoms with E-state index in [1.54, 1.807) is 0 Å². The molecule has 0 heterocycles. The highest BCUT2D eigenvalue weighted by molar-refractivity contribution is 7.83. The smallest absolute Gasteiger partial charge is 0.335 e. The molecule has 0 aliphatic heterocycles. The molecule has 1 nitrogen and oxygen atoms in total. The maximum atomic E-state index is 13.2. The Labute approximate surface area is 93.0 Å². The van der Waals surface area contributed by atoms with E-state index in [4.69, 9.17) is 11.6 Å². The van der Waals surface area contributed by atoms with Crippen LogP contribution in [0.15, 0.2) is 18.2 Å². The Hall–Kier alpha value is -0.880. The molecule has 0 unspecified atom stereocenters. The van der Waals surface area contributed by atoms with Gasteiger partial charge in [-0.05, 0) is 24.4 Å². The Kier molecular flexibility index (Phi) is 3.51. The van der Waals surface area contributed by atoms with Crippen LogP contribution in [0.3, 0.4) is 0 Å². The molecule has 7 heteroatoms. The van der Waals surface area contributed by atoms with Gasteiger partial charge in [0, 0.05) is 0 Å². The summed E-state index contributed by atoms with van der Waals surface area (Å²) in [5, 5.41) is 2.11. The molecule has 1 aromatic rings. The Morgan fingerprint density at radius 1 is 1.33 bits per heavy atom. The van der Waals surface area contributed by atoms with Crippen LogP contribution in [0.1, 0.15) is 5.56 Å². The van der Waals surface area contributed by atoms with Crippen molar-refractivity contribution in [1.29, 1.82) is 0 Å². The van der Waals surface area contributed by atoms with Crippen molar-refractivity contribution in [2.75, 3.05) is 5.32 Å². The third kappa shape index (κ3) is 3.04. The van der Waals surface area contributed by atoms with Gasteiger partial charge in [-0.25, -0.2) is 4.39 Å². The monoisotopic (exact) mass is 257 g/mol. The first-order valence-electron chi connectivity index (χ1n) is 3.64. The summed E-state index contributed by atoms with van der Waals surface area (Å²) < 4.78 is 49.6. The van der Waals surface area contributed by atoms with Gasteiger partial charge in [0.15, 0.2) is 10.3 Å². The molecule has 0 saturated carbocycles. The molecule has 1 N–H and O–H groups in total. The van der Waals surface area contributed by atoms with Crippen LogP contribution in [0.2, 0.25) is 0 Å². The van der Waals surface area contributed by atoms with Crippen LogP contribution in [0.25, 0.3) is 0 Å². The van der Waals surface area contributed by atoms with Gasteiger partial charge in [-0.1, -0.05) is 17.7 Å². The average Bonchev–Trinajstić information content (AvgIpc) is 2.05. The van der Waals surface area contributed by atoms with E-state index in [0.717, 1.165) is 12.1 Å². The minimum absolute atomic E-state index is 0.326. The summed E-state index contributed by atoms with van der Waals surface area (Å²) in [4.78, 5) is 0. The van der Waals surface area contributed by atoms with E-state index in [9.17, 15) is 17.6 Å². The molecule has 0 bridgehead atoms. The zero-order valence-corrected chi connectivity index (χ0v) is 8.60. The van der Waals surface area contributed by atoms with Gasteiger partial charge in [0.05, 0.1) is 11.3 Å². The maximum absolute atomic E-state index is 13.2. The first-order chi connectivity index (χ1) is 6.82. The second-order valence-electron chi connectivity index (χ2n) is 2.56. The lowest BCUT2D eigenvalue weighted by atomic mass is 10.2. The number of anilines is 1. The summed E-state index contributed by atoms with van der Waals surface area (Å²) in [6.07, 6.45) is -4.74. The highest BCUT2D eigenvalue weighted by atomic mass is 35.5. The molecular formula is C8H4ClF4NS. The fraction of sp³-hybridized carbons (Fsp3) is 0.125. The minimum atomic E-state index is -4.74. The summed E-state index contributed by atoms with van der Waals surface area (Å²) in [6.45, 7) is 0. The molecule has 0 saturated heterocycles. The van der Waals surface area contributed by atoms with Crippen LogP contribution in [-0.2, 0) is 6.18 Å². The summed E-state index contributed by atoms with van der Waals surface area (Å²) in [5.74, 6) is -1.42. The van der Waals surface area contributed by atoms with Gasteiger partial charge in [-0.3, -0.25) is 0 Å². The normalized spacial score (nSPS) is 11.3. The molecule has 0 radical (unpaired) electrons. The Balaban J connectivity index is 3.17. The van der Waals surface area contributed by atoms with E-state index in [1.165, 1.54) is 0 Å². The van der Waals surface area contributed by atoms with E-state index in [-0.39, 0.29) is 4.45 Å². The molecule has 0 aliphatic rings. The molecular weight excluding hydrogens is 254 g/mol. The lowest BCUT2D eigenvalue weighted by molar-refractivity contribution is -0.139. The van der Waals surface area contributed by atoms with Crippen molar-refractivity contribution >= 4 is 34.0 Å². The first-order valence-corrected chi connectivity index (χ1v) is 4.43. The Bertz CT molecular complexity index is 391. The predicted molar refractivity (Wildman–Crippen MR) is 53.5 cm³/mol. The van der Waals surface area contributed by atoms with Crippen molar-refractivity contribution in [1.82, 2.24) is 0 Å². The Morgan fingerprint density at radius 3 is 2.40 bits per heavy atom. The average molecular weight is 258 g/mol. The summed E-state index contributed by atoms with van der Waals surface area (Å²) in [5.41, 5.74) is -1.76. The summed E-state index contributed by atoms with van der Waals surface area (Å²) in [6, 6.07) is 2.81. The fourth-order valence-electron chi connectivity index (χ4n) is 0.953. The number of halogens is 5. The van der Waals surface area contributed by atoms with Gasteiger partial charge in [0.2, 0.25) is 0 Å². The molecule has 0 aromatic heterocycles. The maximum Gasteiger partial charge on any atom is 0.419 e. The molecule has 0 amide bonds. The van der Waals surface area contributed by atoms with E-state index >= 15 is 0 Å². The molecule has 15 heavy (non-hydrogen) atoms. The van der Waals surface area contributed by atoms with Gasteiger partial charge in [-0.15, -0.1) is 0 Å². The SMILES string of the molecule is Fc1c(NC(=S)Cl)cccc1C(F)(F)F. The molecule has 0 spiro atoms. The number of rotatable bonds is 1. The highest BCUT2D eigenvalue weighted by Crippen LogP contribution is 2.33. The van der Waals surface area contributed by atoms with Crippen LogP contribution in [0, 0.1) is 5.82 Å². The van der Waals surface area contributed by atoms with E-state index < -0.39 is 23.2 Å². The number of alkyl halides is 3. The van der Waals surface area contributed by atoms with Gasteiger partial charge >= 0.3 is 6.18 Å². The quantitative estimate of drug-likeness (QED) is 0.356. The van der Waals surface area contributed by atoms with E-state index in [1.807, 2.05) is 0 Å². The van der Waals surface area contributed by atoms with Gasteiger partial charge in [-0.2, -0.15) is 13.2 Å². The van der Waals surface area contributed by atoms with Crippen LogP contribution in [-0.4, -0.2) is 4.45 Å². The van der Waals surface area contributed by atoms with Gasteiger partial charge in [0.1, 0.15) is 0 Å². The number of hydrogen-bond donors (Lipinski definition) is 1. The molecule has 0 atom stereocenters. The molecule has 1 aromatic carbocycles. The molecule has 82 valence electrons. The molecule has 1 rings (SSSR count). The number of nitrogens with one attached hydrogen (secondary N) is 1. The third-order valence-corrected chi connectivity index (χ3v) is 1.73. The first kappa shape index (κ1) is 12.2.